The molecule has 0 bridgehead atoms. The molecule has 0 amide bonds. The summed E-state index contributed by atoms with van der Waals surface area (Å²) in [5, 5.41) is 21.2. The van der Waals surface area contributed by atoms with Crippen LogP contribution in [0.2, 0.25) is 0 Å². The van der Waals surface area contributed by atoms with Crippen molar-refractivity contribution >= 4 is 11.4 Å². The molecule has 0 spiro atoms. The third-order valence-electron chi connectivity index (χ3n) is 7.08. The van der Waals surface area contributed by atoms with Gasteiger partial charge in [0.1, 0.15) is 6.54 Å². The van der Waals surface area contributed by atoms with Crippen molar-refractivity contribution in [3.63, 3.8) is 0 Å². The Morgan fingerprint density at radius 1 is 0.944 bits per heavy atom. The van der Waals surface area contributed by atoms with Gasteiger partial charge in [-0.05, 0) is 36.2 Å². The number of phenols is 1. The van der Waals surface area contributed by atoms with Gasteiger partial charge in [-0.2, -0.15) is 0 Å². The Bertz CT molecular complexity index is 1060. The largest absolute Gasteiger partial charge is 0.502 e. The monoisotopic (exact) mass is 497 g/mol. The summed E-state index contributed by atoms with van der Waals surface area (Å²) in [5.41, 5.74) is 4.22. The molecular formula is C29H41N2O5+. The molecule has 1 aliphatic heterocycles. The van der Waals surface area contributed by atoms with Crippen molar-refractivity contribution in [1.29, 1.82) is 0 Å². The topological polar surface area (TPSA) is 84.8 Å². The van der Waals surface area contributed by atoms with E-state index in [1.165, 1.54) is 80.3 Å². The lowest BCUT2D eigenvalue weighted by Crippen LogP contribution is -2.30. The van der Waals surface area contributed by atoms with Crippen molar-refractivity contribution in [2.75, 3.05) is 20.8 Å². The Labute approximate surface area is 214 Å². The minimum atomic E-state index is -0.533. The van der Waals surface area contributed by atoms with E-state index >= 15 is 0 Å². The molecule has 0 saturated carbocycles. The maximum Gasteiger partial charge on any atom is 0.311 e. The Kier molecular flexibility index (Phi) is 10.6. The Hall–Kier alpha value is -3.09. The van der Waals surface area contributed by atoms with E-state index in [1.807, 2.05) is 0 Å². The minimum absolute atomic E-state index is 0.253. The van der Waals surface area contributed by atoms with Crippen LogP contribution in [0, 0.1) is 10.1 Å². The first-order chi connectivity index (χ1) is 17.5. The van der Waals surface area contributed by atoms with E-state index in [0.29, 0.717) is 12.3 Å². The molecule has 0 aliphatic carbocycles. The first kappa shape index (κ1) is 27.5. The maximum absolute atomic E-state index is 11.3. The van der Waals surface area contributed by atoms with E-state index in [4.69, 9.17) is 9.47 Å². The van der Waals surface area contributed by atoms with Gasteiger partial charge in [0, 0.05) is 30.0 Å². The molecule has 3 rings (SSSR count). The van der Waals surface area contributed by atoms with E-state index in [2.05, 4.69) is 23.6 Å². The van der Waals surface area contributed by atoms with Crippen LogP contribution in [0.4, 0.5) is 5.69 Å². The molecule has 0 atom stereocenters. The molecule has 1 heterocycles. The van der Waals surface area contributed by atoms with Crippen molar-refractivity contribution in [2.45, 2.75) is 84.1 Å². The molecule has 7 heteroatoms. The Morgan fingerprint density at radius 3 is 2.22 bits per heavy atom. The molecule has 1 N–H and O–H groups in total. The zero-order valence-electron chi connectivity index (χ0n) is 22.1. The van der Waals surface area contributed by atoms with Gasteiger partial charge in [-0.1, -0.05) is 58.3 Å². The van der Waals surface area contributed by atoms with Gasteiger partial charge in [0.2, 0.25) is 0 Å². The van der Waals surface area contributed by atoms with Crippen molar-refractivity contribution in [1.82, 2.24) is 0 Å². The van der Waals surface area contributed by atoms with Gasteiger partial charge in [-0.3, -0.25) is 10.1 Å². The van der Waals surface area contributed by atoms with Crippen LogP contribution in [0.15, 0.2) is 30.3 Å². The lowest BCUT2D eigenvalue weighted by Gasteiger charge is -2.21. The summed E-state index contributed by atoms with van der Waals surface area (Å²) in [6.07, 6.45) is 13.3. The zero-order chi connectivity index (χ0) is 25.9. The second-order valence-corrected chi connectivity index (χ2v) is 9.64. The third kappa shape index (κ3) is 7.21. The number of aromatic hydroxyl groups is 1. The first-order valence-electron chi connectivity index (χ1n) is 13.3. The van der Waals surface area contributed by atoms with Crippen LogP contribution in [0.5, 0.6) is 17.2 Å². The molecule has 7 nitrogen and oxygen atoms in total. The molecule has 2 aromatic carbocycles. The van der Waals surface area contributed by atoms with Crippen LogP contribution in [-0.4, -0.2) is 41.1 Å². The second kappa shape index (κ2) is 13.9. The molecular weight excluding hydrogens is 456 g/mol. The van der Waals surface area contributed by atoms with Crippen LogP contribution < -0.4 is 9.47 Å². The number of fused-ring (bicyclic) bond motifs is 1. The molecule has 36 heavy (non-hydrogen) atoms. The predicted molar refractivity (Wildman–Crippen MR) is 143 cm³/mol. The highest BCUT2D eigenvalue weighted by atomic mass is 16.6. The maximum atomic E-state index is 11.3. The smallest absolute Gasteiger partial charge is 0.311 e. The number of benzene rings is 2. The van der Waals surface area contributed by atoms with Gasteiger partial charge in [-0.25, -0.2) is 4.58 Å². The number of methoxy groups -OCH3 is 2. The normalized spacial score (nSPS) is 13.0. The van der Waals surface area contributed by atoms with E-state index < -0.39 is 4.92 Å². The van der Waals surface area contributed by atoms with E-state index in [-0.39, 0.29) is 11.4 Å². The van der Waals surface area contributed by atoms with Gasteiger partial charge >= 0.3 is 5.69 Å². The molecule has 0 saturated heterocycles. The average molecular weight is 498 g/mol. The number of nitro benzene ring substituents is 1. The number of nitrogens with zero attached hydrogens (tertiary/aromatic N) is 2. The van der Waals surface area contributed by atoms with E-state index in [0.717, 1.165) is 37.1 Å². The Morgan fingerprint density at radius 2 is 1.58 bits per heavy atom. The summed E-state index contributed by atoms with van der Waals surface area (Å²) >= 11 is 0. The van der Waals surface area contributed by atoms with Crippen LogP contribution in [-0.2, 0) is 13.0 Å². The lowest BCUT2D eigenvalue weighted by atomic mass is 9.92. The first-order valence-corrected chi connectivity index (χ1v) is 13.3. The van der Waals surface area contributed by atoms with Gasteiger partial charge < -0.3 is 14.6 Å². The summed E-state index contributed by atoms with van der Waals surface area (Å²) in [7, 11) is 3.31. The third-order valence-corrected chi connectivity index (χ3v) is 7.08. The molecule has 0 unspecified atom stereocenters. The summed E-state index contributed by atoms with van der Waals surface area (Å²) in [6.45, 7) is 3.63. The lowest BCUT2D eigenvalue weighted by molar-refractivity contribution is -0.545. The van der Waals surface area contributed by atoms with Gasteiger partial charge in [-0.15, -0.1) is 0 Å². The molecule has 0 fully saturated rings. The van der Waals surface area contributed by atoms with Gasteiger partial charge in [0.05, 0.1) is 19.1 Å². The fraction of sp³-hybridized carbons (Fsp3) is 0.552. The quantitative estimate of drug-likeness (QED) is 0.127. The van der Waals surface area contributed by atoms with E-state index in [1.54, 1.807) is 20.3 Å². The van der Waals surface area contributed by atoms with Gasteiger partial charge in [0.15, 0.2) is 29.5 Å². The average Bonchev–Trinajstić information content (AvgIpc) is 2.88. The SMILES string of the molecule is CCCCCCCCCCCC1=[N+](Cc2ccc(O)c([N+](=O)[O-])c2)CCc2cc(OC)c(OC)cc21. The standard InChI is InChI=1S/C29H40N2O5/c1-4-5-6-7-8-9-10-11-12-13-25-24-20-29(36-3)28(35-2)19-23(24)16-17-30(25)21-22-14-15-27(32)26(18-22)31(33)34/h14-15,18-20H,4-13,16-17,21H2,1-3H3/p+1. The van der Waals surface area contributed by atoms with Crippen LogP contribution >= 0.6 is 0 Å². The Balaban J connectivity index is 1.79. The molecule has 2 aromatic rings. The molecule has 196 valence electrons. The highest BCUT2D eigenvalue weighted by Crippen LogP contribution is 2.34. The number of unbranched alkanes of at least 4 members (excludes halogenated alkanes) is 8. The molecule has 0 radical (unpaired) electrons. The van der Waals surface area contributed by atoms with Crippen molar-refractivity contribution < 1.29 is 24.1 Å². The number of phenolic OH excluding ortho intramolecular Hbond substituents is 1. The molecule has 1 aliphatic rings. The fourth-order valence-corrected chi connectivity index (χ4v) is 5.06. The van der Waals surface area contributed by atoms with Crippen molar-refractivity contribution in [3.8, 4) is 17.2 Å². The summed E-state index contributed by atoms with van der Waals surface area (Å²) in [4.78, 5) is 10.8. The van der Waals surface area contributed by atoms with Crippen molar-refractivity contribution in [3.05, 3.63) is 57.1 Å². The van der Waals surface area contributed by atoms with Crippen LogP contribution in [0.3, 0.4) is 0 Å². The predicted octanol–water partition coefficient (Wildman–Crippen LogP) is 6.80. The second-order valence-electron chi connectivity index (χ2n) is 9.64. The summed E-state index contributed by atoms with van der Waals surface area (Å²) in [5.74, 6) is 1.15. The van der Waals surface area contributed by atoms with E-state index in [9.17, 15) is 15.2 Å². The fourth-order valence-electron chi connectivity index (χ4n) is 5.06. The summed E-state index contributed by atoms with van der Waals surface area (Å²) < 4.78 is 13.5. The number of ether oxygens (including phenoxy) is 2. The van der Waals surface area contributed by atoms with Gasteiger partial charge in [0.25, 0.3) is 0 Å². The molecule has 0 aromatic heterocycles. The highest BCUT2D eigenvalue weighted by Gasteiger charge is 2.28. The number of hydrogen-bond donors (Lipinski definition) is 1. The minimum Gasteiger partial charge on any atom is -0.502 e. The number of hydrogen-bond acceptors (Lipinski definition) is 5. The zero-order valence-corrected chi connectivity index (χ0v) is 22.1. The van der Waals surface area contributed by atoms with Crippen LogP contribution in [0.1, 0.15) is 87.8 Å². The summed E-state index contributed by atoms with van der Waals surface area (Å²) in [6, 6.07) is 8.81. The highest BCUT2D eigenvalue weighted by molar-refractivity contribution is 5.99. The number of rotatable bonds is 15. The van der Waals surface area contributed by atoms with Crippen molar-refractivity contribution in [2.24, 2.45) is 0 Å². The van der Waals surface area contributed by atoms with Crippen LogP contribution in [0.25, 0.3) is 0 Å². The number of nitro groups is 1.